The minimum Gasteiger partial charge on any atom is -0.325 e. The molecule has 1 unspecified atom stereocenters. The lowest BCUT2D eigenvalue weighted by Gasteiger charge is -2.31. The molecule has 0 aliphatic heterocycles. The Morgan fingerprint density at radius 1 is 0.947 bits per heavy atom. The molecule has 0 amide bonds. The van der Waals surface area contributed by atoms with Crippen molar-refractivity contribution < 1.29 is 0 Å². The van der Waals surface area contributed by atoms with Crippen LogP contribution in [0.1, 0.15) is 77.2 Å². The Kier molecular flexibility index (Phi) is 7.15. The van der Waals surface area contributed by atoms with Crippen molar-refractivity contribution in [2.45, 2.75) is 77.2 Å². The van der Waals surface area contributed by atoms with E-state index >= 15 is 0 Å². The molecule has 0 aliphatic rings. The molecule has 108 valence electrons. The van der Waals surface area contributed by atoms with Crippen LogP contribution in [0.2, 0.25) is 0 Å². The van der Waals surface area contributed by atoms with Crippen LogP contribution in [0.3, 0.4) is 0 Å². The second kappa shape index (κ2) is 8.37. The monoisotopic (exact) mass is 261 g/mol. The van der Waals surface area contributed by atoms with Gasteiger partial charge in [0.05, 0.1) is 0 Å². The van der Waals surface area contributed by atoms with Crippen LogP contribution < -0.4 is 5.73 Å². The molecule has 0 heterocycles. The van der Waals surface area contributed by atoms with Gasteiger partial charge in [-0.3, -0.25) is 0 Å². The number of benzene rings is 1. The van der Waals surface area contributed by atoms with Gasteiger partial charge in [-0.2, -0.15) is 0 Å². The van der Waals surface area contributed by atoms with E-state index in [0.717, 1.165) is 0 Å². The molecule has 19 heavy (non-hydrogen) atoms. The molecular weight excluding hydrogens is 230 g/mol. The number of hydrogen-bond donors (Lipinski definition) is 1. The number of unbranched alkanes of at least 4 members (excludes halogenated alkanes) is 5. The zero-order valence-corrected chi connectivity index (χ0v) is 13.0. The lowest BCUT2D eigenvalue weighted by atomic mass is 9.79. The summed E-state index contributed by atoms with van der Waals surface area (Å²) in [5, 5.41) is 0. The van der Waals surface area contributed by atoms with Gasteiger partial charge in [0.1, 0.15) is 0 Å². The Labute approximate surface area is 119 Å². The minimum atomic E-state index is -0.134. The van der Waals surface area contributed by atoms with E-state index in [1.165, 1.54) is 50.5 Å². The summed E-state index contributed by atoms with van der Waals surface area (Å²) in [5.74, 6) is 0.472. The van der Waals surface area contributed by atoms with Gasteiger partial charge in [-0.25, -0.2) is 0 Å². The molecule has 1 atom stereocenters. The van der Waals surface area contributed by atoms with E-state index in [0.29, 0.717) is 5.92 Å². The molecule has 0 aromatic heterocycles. The molecule has 0 bridgehead atoms. The molecule has 0 saturated heterocycles. The highest BCUT2D eigenvalue weighted by Gasteiger charge is 2.25. The Morgan fingerprint density at radius 2 is 1.53 bits per heavy atom. The summed E-state index contributed by atoms with van der Waals surface area (Å²) in [6.45, 7) is 6.58. The van der Waals surface area contributed by atoms with E-state index < -0.39 is 0 Å². The van der Waals surface area contributed by atoms with Crippen molar-refractivity contribution in [1.82, 2.24) is 0 Å². The summed E-state index contributed by atoms with van der Waals surface area (Å²) in [6, 6.07) is 10.8. The zero-order valence-electron chi connectivity index (χ0n) is 13.0. The summed E-state index contributed by atoms with van der Waals surface area (Å²) < 4.78 is 0. The van der Waals surface area contributed by atoms with Crippen LogP contribution in [-0.4, -0.2) is 5.54 Å². The molecule has 0 saturated carbocycles. The molecule has 1 rings (SSSR count). The molecule has 1 heteroatoms. The van der Waals surface area contributed by atoms with Crippen molar-refractivity contribution >= 4 is 0 Å². The third-order valence-electron chi connectivity index (χ3n) is 3.95. The summed E-state index contributed by atoms with van der Waals surface area (Å²) in [6.07, 6.45) is 9.31. The van der Waals surface area contributed by atoms with Crippen LogP contribution >= 0.6 is 0 Å². The average Bonchev–Trinajstić information content (AvgIpc) is 2.37. The summed E-state index contributed by atoms with van der Waals surface area (Å²) in [5.41, 5.74) is 7.63. The van der Waals surface area contributed by atoms with Gasteiger partial charge in [0.2, 0.25) is 0 Å². The Bertz CT molecular complexity index is 323. The first kappa shape index (κ1) is 16.2. The van der Waals surface area contributed by atoms with Gasteiger partial charge in [-0.05, 0) is 25.8 Å². The highest BCUT2D eigenvalue weighted by atomic mass is 14.7. The minimum absolute atomic E-state index is 0.134. The topological polar surface area (TPSA) is 26.0 Å². The van der Waals surface area contributed by atoms with E-state index in [1.54, 1.807) is 0 Å². The lowest BCUT2D eigenvalue weighted by Crippen LogP contribution is -2.39. The second-order valence-electron chi connectivity index (χ2n) is 6.34. The van der Waals surface area contributed by atoms with Crippen molar-refractivity contribution in [3.63, 3.8) is 0 Å². The maximum absolute atomic E-state index is 6.37. The van der Waals surface area contributed by atoms with Gasteiger partial charge in [0.15, 0.2) is 0 Å². The summed E-state index contributed by atoms with van der Waals surface area (Å²) in [7, 11) is 0. The number of nitrogens with two attached hydrogens (primary N) is 1. The third-order valence-corrected chi connectivity index (χ3v) is 3.95. The molecule has 1 aromatic rings. The van der Waals surface area contributed by atoms with Crippen molar-refractivity contribution in [2.75, 3.05) is 0 Å². The summed E-state index contributed by atoms with van der Waals surface area (Å²) in [4.78, 5) is 0. The second-order valence-corrected chi connectivity index (χ2v) is 6.34. The molecule has 2 N–H and O–H groups in total. The van der Waals surface area contributed by atoms with Crippen molar-refractivity contribution in [3.8, 4) is 0 Å². The Balaban J connectivity index is 2.44. The van der Waals surface area contributed by atoms with Gasteiger partial charge in [-0.15, -0.1) is 0 Å². The van der Waals surface area contributed by atoms with Crippen molar-refractivity contribution in [3.05, 3.63) is 35.9 Å². The van der Waals surface area contributed by atoms with E-state index in [-0.39, 0.29) is 5.54 Å². The smallest absolute Gasteiger partial charge is 0.0166 e. The first-order valence-electron chi connectivity index (χ1n) is 7.89. The predicted octanol–water partition coefficient (Wildman–Crippen LogP) is 5.26. The van der Waals surface area contributed by atoms with Gasteiger partial charge in [0.25, 0.3) is 0 Å². The zero-order chi connectivity index (χ0) is 14.1. The molecule has 0 fully saturated rings. The average molecular weight is 261 g/mol. The molecular formula is C18H31N. The van der Waals surface area contributed by atoms with Gasteiger partial charge >= 0.3 is 0 Å². The van der Waals surface area contributed by atoms with Crippen LogP contribution in [0, 0.1) is 0 Å². The lowest BCUT2D eigenvalue weighted by molar-refractivity contribution is 0.377. The fraction of sp³-hybridized carbons (Fsp3) is 0.667. The van der Waals surface area contributed by atoms with Crippen LogP contribution in [0.5, 0.6) is 0 Å². The standard InChI is InChI=1S/C18H31N/c1-4-5-6-7-8-12-15-17(18(2,3)19)16-13-10-9-11-14-16/h9-11,13-14,17H,4-8,12,15,19H2,1-3H3. The first-order valence-corrected chi connectivity index (χ1v) is 7.89. The van der Waals surface area contributed by atoms with Crippen molar-refractivity contribution in [2.24, 2.45) is 5.73 Å². The molecule has 1 nitrogen and oxygen atoms in total. The van der Waals surface area contributed by atoms with Crippen LogP contribution in [0.15, 0.2) is 30.3 Å². The Morgan fingerprint density at radius 3 is 2.11 bits per heavy atom. The Hall–Kier alpha value is -0.820. The third kappa shape index (κ3) is 6.24. The van der Waals surface area contributed by atoms with E-state index in [1.807, 2.05) is 0 Å². The molecule has 0 spiro atoms. The van der Waals surface area contributed by atoms with E-state index in [4.69, 9.17) is 5.73 Å². The molecule has 1 aromatic carbocycles. The normalized spacial score (nSPS) is 13.5. The largest absolute Gasteiger partial charge is 0.325 e. The first-order chi connectivity index (χ1) is 9.05. The predicted molar refractivity (Wildman–Crippen MR) is 85.4 cm³/mol. The molecule has 0 aliphatic carbocycles. The van der Waals surface area contributed by atoms with Crippen LogP contribution in [0.4, 0.5) is 0 Å². The highest BCUT2D eigenvalue weighted by molar-refractivity contribution is 5.22. The quantitative estimate of drug-likeness (QED) is 0.603. The fourth-order valence-corrected chi connectivity index (χ4v) is 2.78. The maximum Gasteiger partial charge on any atom is 0.0166 e. The van der Waals surface area contributed by atoms with Gasteiger partial charge in [0, 0.05) is 11.5 Å². The van der Waals surface area contributed by atoms with Crippen LogP contribution in [-0.2, 0) is 0 Å². The van der Waals surface area contributed by atoms with E-state index in [2.05, 4.69) is 51.1 Å². The number of rotatable bonds is 9. The van der Waals surface area contributed by atoms with E-state index in [9.17, 15) is 0 Å². The SMILES string of the molecule is CCCCCCCCC(c1ccccc1)C(C)(C)N. The maximum atomic E-state index is 6.37. The van der Waals surface area contributed by atoms with Gasteiger partial charge < -0.3 is 5.73 Å². The van der Waals surface area contributed by atoms with Crippen LogP contribution in [0.25, 0.3) is 0 Å². The highest BCUT2D eigenvalue weighted by Crippen LogP contribution is 2.31. The summed E-state index contributed by atoms with van der Waals surface area (Å²) >= 11 is 0. The number of hydrogen-bond acceptors (Lipinski definition) is 1. The molecule has 0 radical (unpaired) electrons. The van der Waals surface area contributed by atoms with Crippen molar-refractivity contribution in [1.29, 1.82) is 0 Å². The van der Waals surface area contributed by atoms with Gasteiger partial charge in [-0.1, -0.05) is 75.8 Å². The fourth-order valence-electron chi connectivity index (χ4n) is 2.78.